The van der Waals surface area contributed by atoms with Gasteiger partial charge in [0.2, 0.25) is 5.91 Å². The van der Waals surface area contributed by atoms with Crippen molar-refractivity contribution in [3.8, 4) is 10.4 Å². The first-order valence-corrected chi connectivity index (χ1v) is 13.7. The molecule has 35 heavy (non-hydrogen) atoms. The Kier molecular flexibility index (Phi) is 7.23. The van der Waals surface area contributed by atoms with E-state index in [2.05, 4.69) is 17.2 Å². The molecule has 2 aliphatic heterocycles. The normalized spacial score (nSPS) is 25.5. The van der Waals surface area contributed by atoms with Gasteiger partial charge < -0.3 is 15.0 Å². The minimum Gasteiger partial charge on any atom is -0.366 e. The molecule has 4 unspecified atom stereocenters. The monoisotopic (exact) mass is 515 g/mol. The standard InChI is InChI=1S/C26H30ClN3O4S/c1-2-17-12-16(10-11-28-17)20-8-9-21(35-20)25(32)29-22(15-6-4-3-5-7-15)26(33)30-13-18(27)24-23(30)19(31)14-34-24/h8-12,15,18,22-24H,2-7,13-14H2,1H3,(H,29,32). The lowest BCUT2D eigenvalue weighted by molar-refractivity contribution is -0.139. The van der Waals surface area contributed by atoms with Crippen molar-refractivity contribution in [1.82, 2.24) is 15.2 Å². The summed E-state index contributed by atoms with van der Waals surface area (Å²) in [5, 5.41) is 2.62. The number of halogens is 1. The second-order valence-electron chi connectivity index (χ2n) is 9.60. The second-order valence-corrected chi connectivity index (χ2v) is 11.2. The number of pyridine rings is 1. The Morgan fingerprint density at radius 3 is 2.83 bits per heavy atom. The first-order chi connectivity index (χ1) is 17.0. The third-order valence-electron chi connectivity index (χ3n) is 7.37. The van der Waals surface area contributed by atoms with Crippen molar-refractivity contribution < 1.29 is 19.1 Å². The molecule has 7 nitrogen and oxygen atoms in total. The smallest absolute Gasteiger partial charge is 0.262 e. The Bertz CT molecular complexity index is 1120. The Labute approximate surface area is 214 Å². The van der Waals surface area contributed by atoms with Crippen molar-refractivity contribution in [2.75, 3.05) is 13.2 Å². The van der Waals surface area contributed by atoms with E-state index in [9.17, 15) is 14.4 Å². The number of alkyl halides is 1. The minimum atomic E-state index is -0.683. The molecule has 0 radical (unpaired) electrons. The van der Waals surface area contributed by atoms with Crippen molar-refractivity contribution >= 4 is 40.5 Å². The fraction of sp³-hybridized carbons (Fsp3) is 0.538. The molecule has 3 aliphatic rings. The molecule has 2 aromatic heterocycles. The fourth-order valence-corrected chi connectivity index (χ4v) is 6.77. The molecule has 1 aliphatic carbocycles. The SMILES string of the molecule is CCc1cc(-c2ccc(C(=O)NC(C(=O)N3CC(Cl)C4OCC(=O)C43)C3CCCCC3)s2)ccn1. The summed E-state index contributed by atoms with van der Waals surface area (Å²) in [5.41, 5.74) is 2.02. The Hall–Kier alpha value is -2.29. The topological polar surface area (TPSA) is 88.6 Å². The zero-order chi connectivity index (χ0) is 24.5. The zero-order valence-electron chi connectivity index (χ0n) is 19.7. The van der Waals surface area contributed by atoms with Gasteiger partial charge in [0.1, 0.15) is 24.8 Å². The highest BCUT2D eigenvalue weighted by Gasteiger charge is 2.53. The van der Waals surface area contributed by atoms with Crippen LogP contribution < -0.4 is 5.32 Å². The van der Waals surface area contributed by atoms with Crippen LogP contribution >= 0.6 is 22.9 Å². The van der Waals surface area contributed by atoms with Crippen molar-refractivity contribution in [2.24, 2.45) is 5.92 Å². The van der Waals surface area contributed by atoms with Gasteiger partial charge in [0.05, 0.1) is 10.3 Å². The van der Waals surface area contributed by atoms with Crippen molar-refractivity contribution in [3.63, 3.8) is 0 Å². The average molecular weight is 516 g/mol. The molecule has 4 heterocycles. The van der Waals surface area contributed by atoms with Crippen LogP contribution in [0.5, 0.6) is 0 Å². The van der Waals surface area contributed by atoms with Crippen LogP contribution in [0.15, 0.2) is 30.5 Å². The lowest BCUT2D eigenvalue weighted by atomic mass is 9.83. The highest BCUT2D eigenvalue weighted by atomic mass is 35.5. The fourth-order valence-electron chi connectivity index (χ4n) is 5.50. The molecule has 0 spiro atoms. The molecule has 9 heteroatoms. The molecule has 1 saturated carbocycles. The number of hydrogen-bond donors (Lipinski definition) is 1. The number of carbonyl (C=O) groups is 3. The predicted octanol–water partition coefficient (Wildman–Crippen LogP) is 3.84. The summed E-state index contributed by atoms with van der Waals surface area (Å²) < 4.78 is 5.55. The molecule has 4 atom stereocenters. The number of thiophene rings is 1. The number of ketones is 1. The van der Waals surface area contributed by atoms with Crippen LogP contribution in [0, 0.1) is 5.92 Å². The molecule has 2 saturated heterocycles. The summed E-state index contributed by atoms with van der Waals surface area (Å²) in [5.74, 6) is -0.563. The van der Waals surface area contributed by atoms with Crippen LogP contribution in [0.2, 0.25) is 0 Å². The van der Waals surface area contributed by atoms with Crippen LogP contribution in [0.3, 0.4) is 0 Å². The quantitative estimate of drug-likeness (QED) is 0.590. The molecule has 5 rings (SSSR count). The summed E-state index contributed by atoms with van der Waals surface area (Å²) >= 11 is 7.83. The van der Waals surface area contributed by atoms with Gasteiger partial charge in [0.25, 0.3) is 5.91 Å². The van der Waals surface area contributed by atoms with E-state index in [1.165, 1.54) is 11.3 Å². The number of likely N-dealkylation sites (tertiary alicyclic amines) is 1. The second kappa shape index (κ2) is 10.4. The Morgan fingerprint density at radius 2 is 2.06 bits per heavy atom. The van der Waals surface area contributed by atoms with E-state index in [1.54, 1.807) is 17.2 Å². The van der Waals surface area contributed by atoms with Crippen LogP contribution in [-0.2, 0) is 20.7 Å². The van der Waals surface area contributed by atoms with E-state index < -0.39 is 23.6 Å². The maximum atomic E-state index is 13.8. The Morgan fingerprint density at radius 1 is 1.26 bits per heavy atom. The lowest BCUT2D eigenvalue weighted by Crippen LogP contribution is -2.55. The van der Waals surface area contributed by atoms with E-state index in [0.717, 1.165) is 54.7 Å². The van der Waals surface area contributed by atoms with E-state index in [0.29, 0.717) is 4.88 Å². The van der Waals surface area contributed by atoms with Gasteiger partial charge >= 0.3 is 0 Å². The maximum Gasteiger partial charge on any atom is 0.262 e. The van der Waals surface area contributed by atoms with Gasteiger partial charge in [-0.2, -0.15) is 0 Å². The zero-order valence-corrected chi connectivity index (χ0v) is 21.3. The maximum absolute atomic E-state index is 13.8. The number of carbonyl (C=O) groups excluding carboxylic acids is 3. The number of hydrogen-bond acceptors (Lipinski definition) is 6. The summed E-state index contributed by atoms with van der Waals surface area (Å²) in [7, 11) is 0. The highest BCUT2D eigenvalue weighted by Crippen LogP contribution is 2.34. The summed E-state index contributed by atoms with van der Waals surface area (Å²) in [6.07, 6.45) is 7.10. The molecule has 0 aromatic carbocycles. The van der Waals surface area contributed by atoms with Crippen molar-refractivity contribution in [3.05, 3.63) is 41.0 Å². The summed E-state index contributed by atoms with van der Waals surface area (Å²) in [4.78, 5) is 47.0. The lowest BCUT2D eigenvalue weighted by Gasteiger charge is -2.34. The van der Waals surface area contributed by atoms with Crippen LogP contribution in [0.4, 0.5) is 0 Å². The van der Waals surface area contributed by atoms with Gasteiger partial charge in [-0.15, -0.1) is 22.9 Å². The molecular weight excluding hydrogens is 486 g/mol. The predicted molar refractivity (Wildman–Crippen MR) is 135 cm³/mol. The van der Waals surface area contributed by atoms with Crippen molar-refractivity contribution in [2.45, 2.75) is 69.0 Å². The largest absolute Gasteiger partial charge is 0.366 e. The number of Topliss-reactive ketones (excluding diaryl/α,β-unsaturated/α-hetero) is 1. The van der Waals surface area contributed by atoms with Crippen LogP contribution in [0.1, 0.15) is 54.4 Å². The van der Waals surface area contributed by atoms with E-state index in [4.69, 9.17) is 16.3 Å². The van der Waals surface area contributed by atoms with Gasteiger partial charge in [-0.3, -0.25) is 19.4 Å². The highest BCUT2D eigenvalue weighted by molar-refractivity contribution is 7.17. The number of fused-ring (bicyclic) bond motifs is 1. The van der Waals surface area contributed by atoms with Gasteiger partial charge in [-0.1, -0.05) is 26.2 Å². The summed E-state index contributed by atoms with van der Waals surface area (Å²) in [6, 6.07) is 6.38. The number of nitrogens with zero attached hydrogens (tertiary/aromatic N) is 2. The molecule has 1 N–H and O–H groups in total. The van der Waals surface area contributed by atoms with Crippen LogP contribution in [-0.4, -0.2) is 64.2 Å². The molecule has 3 fully saturated rings. The molecule has 2 amide bonds. The minimum absolute atomic E-state index is 0.0183. The van der Waals surface area contributed by atoms with Crippen molar-refractivity contribution in [1.29, 1.82) is 0 Å². The first kappa shape index (κ1) is 24.4. The van der Waals surface area contributed by atoms with Gasteiger partial charge in [0.15, 0.2) is 5.78 Å². The molecule has 2 aromatic rings. The number of ether oxygens (including phenoxy) is 1. The number of rotatable bonds is 6. The molecule has 186 valence electrons. The number of aromatic nitrogens is 1. The molecule has 0 bridgehead atoms. The van der Waals surface area contributed by atoms with Gasteiger partial charge in [0, 0.05) is 23.3 Å². The van der Waals surface area contributed by atoms with E-state index in [-0.39, 0.29) is 36.7 Å². The number of amides is 2. The van der Waals surface area contributed by atoms with Gasteiger partial charge in [-0.05, 0) is 55.0 Å². The van der Waals surface area contributed by atoms with Gasteiger partial charge in [-0.25, -0.2) is 0 Å². The number of nitrogens with one attached hydrogen (secondary N) is 1. The third kappa shape index (κ3) is 4.88. The van der Waals surface area contributed by atoms with E-state index in [1.807, 2.05) is 18.2 Å². The number of aryl methyl sites for hydroxylation is 1. The Balaban J connectivity index is 1.36. The summed E-state index contributed by atoms with van der Waals surface area (Å²) in [6.45, 7) is 2.29. The third-order valence-corrected chi connectivity index (χ3v) is 8.89. The molecular formula is C26H30ClN3O4S. The average Bonchev–Trinajstić information content (AvgIpc) is 3.61. The first-order valence-electron chi connectivity index (χ1n) is 12.4. The van der Waals surface area contributed by atoms with Crippen LogP contribution in [0.25, 0.3) is 10.4 Å². The van der Waals surface area contributed by atoms with E-state index >= 15 is 0 Å².